The maximum atomic E-state index is 9.41. The number of hydrogen-bond acceptors (Lipinski definition) is 1. The van der Waals surface area contributed by atoms with E-state index in [9.17, 15) is 5.11 Å². The van der Waals surface area contributed by atoms with Gasteiger partial charge in [-0.15, -0.1) is 0 Å². The SMILES string of the molecule is CCC(CO)c1c(C)c(C)cc(C)c1C. The van der Waals surface area contributed by atoms with Crippen LogP contribution in [0, 0.1) is 27.7 Å². The predicted octanol–water partition coefficient (Wildman–Crippen LogP) is 3.41. The highest BCUT2D eigenvalue weighted by molar-refractivity contribution is 5.45. The fraction of sp³-hybridized carbons (Fsp3) is 0.571. The Morgan fingerprint density at radius 2 is 1.53 bits per heavy atom. The number of aliphatic hydroxyl groups is 1. The molecule has 1 heteroatoms. The summed E-state index contributed by atoms with van der Waals surface area (Å²) in [6.07, 6.45) is 1.00. The van der Waals surface area contributed by atoms with Crippen molar-refractivity contribution in [3.8, 4) is 0 Å². The van der Waals surface area contributed by atoms with E-state index in [1.807, 2.05) is 0 Å². The summed E-state index contributed by atoms with van der Waals surface area (Å²) in [7, 11) is 0. The van der Waals surface area contributed by atoms with Crippen LogP contribution in [-0.2, 0) is 0 Å². The number of rotatable bonds is 3. The fourth-order valence-corrected chi connectivity index (χ4v) is 2.28. The summed E-state index contributed by atoms with van der Waals surface area (Å²) in [5.74, 6) is 0.295. The van der Waals surface area contributed by atoms with Crippen molar-refractivity contribution in [1.82, 2.24) is 0 Å². The molecule has 1 nitrogen and oxygen atoms in total. The van der Waals surface area contributed by atoms with E-state index in [0.29, 0.717) is 5.92 Å². The van der Waals surface area contributed by atoms with Crippen molar-refractivity contribution in [1.29, 1.82) is 0 Å². The molecule has 0 aliphatic heterocycles. The lowest BCUT2D eigenvalue weighted by Gasteiger charge is -2.21. The molecule has 0 amide bonds. The Morgan fingerprint density at radius 3 is 1.87 bits per heavy atom. The van der Waals surface area contributed by atoms with E-state index in [4.69, 9.17) is 0 Å². The summed E-state index contributed by atoms with van der Waals surface area (Å²) in [5, 5.41) is 9.41. The van der Waals surface area contributed by atoms with E-state index in [2.05, 4.69) is 40.7 Å². The highest BCUT2D eigenvalue weighted by Crippen LogP contribution is 2.30. The van der Waals surface area contributed by atoms with Crippen LogP contribution in [0.4, 0.5) is 0 Å². The molecule has 1 atom stereocenters. The first-order valence-corrected chi connectivity index (χ1v) is 5.71. The third kappa shape index (κ3) is 2.23. The van der Waals surface area contributed by atoms with Crippen LogP contribution in [0.25, 0.3) is 0 Å². The number of benzene rings is 1. The third-order valence-corrected chi connectivity index (χ3v) is 3.55. The van der Waals surface area contributed by atoms with E-state index in [1.54, 1.807) is 0 Å². The van der Waals surface area contributed by atoms with E-state index in [-0.39, 0.29) is 6.61 Å². The quantitative estimate of drug-likeness (QED) is 0.803. The summed E-state index contributed by atoms with van der Waals surface area (Å²) >= 11 is 0. The van der Waals surface area contributed by atoms with Crippen LogP contribution in [0.2, 0.25) is 0 Å². The molecule has 0 aliphatic rings. The highest BCUT2D eigenvalue weighted by atomic mass is 16.3. The summed E-state index contributed by atoms with van der Waals surface area (Å²) in [6.45, 7) is 11.0. The lowest BCUT2D eigenvalue weighted by molar-refractivity contribution is 0.261. The molecule has 1 rings (SSSR count). The molecule has 0 saturated heterocycles. The Morgan fingerprint density at radius 1 is 1.07 bits per heavy atom. The molecule has 0 aliphatic carbocycles. The van der Waals surface area contributed by atoms with Crippen molar-refractivity contribution in [2.45, 2.75) is 47.0 Å². The van der Waals surface area contributed by atoms with Crippen molar-refractivity contribution in [2.75, 3.05) is 6.61 Å². The molecule has 0 radical (unpaired) electrons. The van der Waals surface area contributed by atoms with Crippen LogP contribution in [0.5, 0.6) is 0 Å². The first-order chi connectivity index (χ1) is 7.02. The van der Waals surface area contributed by atoms with Crippen LogP contribution in [-0.4, -0.2) is 11.7 Å². The second-order valence-corrected chi connectivity index (χ2v) is 4.46. The predicted molar refractivity (Wildman–Crippen MR) is 65.5 cm³/mol. The molecule has 0 bridgehead atoms. The van der Waals surface area contributed by atoms with Crippen molar-refractivity contribution in [3.63, 3.8) is 0 Å². The van der Waals surface area contributed by atoms with Gasteiger partial charge in [-0.3, -0.25) is 0 Å². The smallest absolute Gasteiger partial charge is 0.0499 e. The Hall–Kier alpha value is -0.820. The minimum absolute atomic E-state index is 0.251. The molecule has 0 fully saturated rings. The molecule has 0 aromatic heterocycles. The van der Waals surface area contributed by atoms with Gasteiger partial charge in [0.15, 0.2) is 0 Å². The maximum Gasteiger partial charge on any atom is 0.0499 e. The van der Waals surface area contributed by atoms with E-state index >= 15 is 0 Å². The van der Waals surface area contributed by atoms with Crippen molar-refractivity contribution in [2.24, 2.45) is 0 Å². The van der Waals surface area contributed by atoms with E-state index in [0.717, 1.165) is 6.42 Å². The standard InChI is InChI=1S/C14H22O/c1-6-13(8-15)14-11(4)9(2)7-10(3)12(14)5/h7,13,15H,6,8H2,1-5H3. The average molecular weight is 206 g/mol. The van der Waals surface area contributed by atoms with Crippen LogP contribution in [0.3, 0.4) is 0 Å². The van der Waals surface area contributed by atoms with Gasteiger partial charge < -0.3 is 5.11 Å². The van der Waals surface area contributed by atoms with Crippen molar-refractivity contribution in [3.05, 3.63) is 33.9 Å². The zero-order chi connectivity index (χ0) is 11.6. The Bertz CT molecular complexity index is 323. The van der Waals surface area contributed by atoms with Gasteiger partial charge in [0, 0.05) is 12.5 Å². The largest absolute Gasteiger partial charge is 0.396 e. The van der Waals surface area contributed by atoms with Crippen LogP contribution in [0.1, 0.15) is 47.1 Å². The topological polar surface area (TPSA) is 20.2 Å². The van der Waals surface area contributed by atoms with Gasteiger partial charge in [-0.25, -0.2) is 0 Å². The van der Waals surface area contributed by atoms with Crippen LogP contribution in [0.15, 0.2) is 6.07 Å². The number of aryl methyl sites for hydroxylation is 2. The second-order valence-electron chi connectivity index (χ2n) is 4.46. The van der Waals surface area contributed by atoms with Crippen LogP contribution < -0.4 is 0 Å². The molecular formula is C14H22O. The normalized spacial score (nSPS) is 12.9. The third-order valence-electron chi connectivity index (χ3n) is 3.55. The van der Waals surface area contributed by atoms with E-state index in [1.165, 1.54) is 27.8 Å². The molecule has 15 heavy (non-hydrogen) atoms. The van der Waals surface area contributed by atoms with Gasteiger partial charge >= 0.3 is 0 Å². The molecular weight excluding hydrogens is 184 g/mol. The molecule has 1 N–H and O–H groups in total. The van der Waals surface area contributed by atoms with E-state index < -0.39 is 0 Å². The number of hydrogen-bond donors (Lipinski definition) is 1. The maximum absolute atomic E-state index is 9.41. The van der Waals surface area contributed by atoms with Gasteiger partial charge in [0.2, 0.25) is 0 Å². The second kappa shape index (κ2) is 4.80. The first kappa shape index (κ1) is 12.3. The Labute approximate surface area is 93.1 Å². The lowest BCUT2D eigenvalue weighted by atomic mass is 9.85. The van der Waals surface area contributed by atoms with Gasteiger partial charge in [-0.2, -0.15) is 0 Å². The number of aliphatic hydroxyl groups excluding tert-OH is 1. The van der Waals surface area contributed by atoms with Crippen molar-refractivity contribution < 1.29 is 5.11 Å². The molecule has 0 spiro atoms. The minimum Gasteiger partial charge on any atom is -0.396 e. The van der Waals surface area contributed by atoms with Gasteiger partial charge in [-0.05, 0) is 61.9 Å². The highest BCUT2D eigenvalue weighted by Gasteiger charge is 2.16. The Kier molecular flexibility index (Phi) is 3.92. The molecule has 0 heterocycles. The minimum atomic E-state index is 0.251. The summed E-state index contributed by atoms with van der Waals surface area (Å²) < 4.78 is 0. The van der Waals surface area contributed by atoms with Gasteiger partial charge in [0.25, 0.3) is 0 Å². The van der Waals surface area contributed by atoms with Crippen molar-refractivity contribution >= 4 is 0 Å². The molecule has 1 unspecified atom stereocenters. The van der Waals surface area contributed by atoms with Gasteiger partial charge in [0.1, 0.15) is 0 Å². The summed E-state index contributed by atoms with van der Waals surface area (Å²) in [5.41, 5.74) is 6.72. The summed E-state index contributed by atoms with van der Waals surface area (Å²) in [6, 6.07) is 2.23. The average Bonchev–Trinajstić information content (AvgIpc) is 2.21. The molecule has 1 aromatic rings. The van der Waals surface area contributed by atoms with Crippen LogP contribution >= 0.6 is 0 Å². The fourth-order valence-electron chi connectivity index (χ4n) is 2.28. The monoisotopic (exact) mass is 206 g/mol. The van der Waals surface area contributed by atoms with Gasteiger partial charge in [-0.1, -0.05) is 13.0 Å². The van der Waals surface area contributed by atoms with Gasteiger partial charge in [0.05, 0.1) is 0 Å². The zero-order valence-electron chi connectivity index (χ0n) is 10.5. The lowest BCUT2D eigenvalue weighted by Crippen LogP contribution is -2.09. The summed E-state index contributed by atoms with van der Waals surface area (Å²) in [4.78, 5) is 0. The molecule has 0 saturated carbocycles. The Balaban J connectivity index is 3.37. The zero-order valence-corrected chi connectivity index (χ0v) is 10.5. The first-order valence-electron chi connectivity index (χ1n) is 5.71. The molecule has 1 aromatic carbocycles. The molecule has 84 valence electrons.